The number of aliphatic hydroxyl groups is 7. The largest absolute Gasteiger partial charge is 0.394 e. The molecule has 0 aromatic heterocycles. The Bertz CT molecular complexity index is 537. The van der Waals surface area contributed by atoms with Crippen molar-refractivity contribution >= 4 is 5.96 Å². The first-order chi connectivity index (χ1) is 13.7. The van der Waals surface area contributed by atoms with Gasteiger partial charge in [0, 0.05) is 6.54 Å². The summed E-state index contributed by atoms with van der Waals surface area (Å²) in [7, 11) is 0. The highest BCUT2D eigenvalue weighted by molar-refractivity contribution is 5.78. The predicted octanol–water partition coefficient (Wildman–Crippen LogP) is -5.08. The third-order valence-electron chi connectivity index (χ3n) is 4.80. The van der Waals surface area contributed by atoms with E-state index in [4.69, 9.17) is 19.9 Å². The van der Waals surface area contributed by atoms with Crippen LogP contribution in [0.3, 0.4) is 0 Å². The van der Waals surface area contributed by atoms with Crippen molar-refractivity contribution in [3.63, 3.8) is 0 Å². The van der Waals surface area contributed by atoms with E-state index in [-0.39, 0.29) is 5.96 Å². The Kier molecular flexibility index (Phi) is 8.96. The number of hydrogen-bond acceptors (Lipinski definition) is 11. The summed E-state index contributed by atoms with van der Waals surface area (Å²) in [5, 5.41) is 72.0. The molecule has 0 saturated carbocycles. The Hall–Kier alpha value is -1.13. The first kappa shape index (κ1) is 24.1. The number of nitrogens with one attached hydrogen (secondary N) is 1. The number of aliphatic hydroxyl groups excluding tert-OH is 7. The molecule has 0 amide bonds. The minimum Gasteiger partial charge on any atom is -0.394 e. The Balaban J connectivity index is 2.09. The van der Waals surface area contributed by atoms with E-state index in [1.807, 2.05) is 6.92 Å². The Morgan fingerprint density at radius 2 is 1.59 bits per heavy atom. The highest BCUT2D eigenvalue weighted by Gasteiger charge is 2.50. The van der Waals surface area contributed by atoms with E-state index in [0.717, 1.165) is 6.42 Å². The predicted molar refractivity (Wildman–Crippen MR) is 96.3 cm³/mol. The zero-order chi connectivity index (χ0) is 21.7. The van der Waals surface area contributed by atoms with Crippen LogP contribution >= 0.6 is 0 Å². The zero-order valence-electron chi connectivity index (χ0n) is 16.0. The van der Waals surface area contributed by atoms with Gasteiger partial charge in [-0.2, -0.15) is 0 Å². The average Bonchev–Trinajstić information content (AvgIpc) is 2.71. The molecule has 2 aliphatic heterocycles. The summed E-state index contributed by atoms with van der Waals surface area (Å²) in [4.78, 5) is 3.99. The molecule has 0 radical (unpaired) electrons. The maximum absolute atomic E-state index is 10.5. The summed E-state index contributed by atoms with van der Waals surface area (Å²) in [5.41, 5.74) is 5.69. The molecule has 0 spiro atoms. The lowest BCUT2D eigenvalue weighted by atomic mass is 9.96. The fraction of sp³-hybridized carbons (Fsp3) is 0.938. The number of rotatable bonds is 7. The van der Waals surface area contributed by atoms with Crippen molar-refractivity contribution in [2.24, 2.45) is 10.7 Å². The van der Waals surface area contributed by atoms with Gasteiger partial charge >= 0.3 is 0 Å². The molecule has 2 rings (SSSR count). The van der Waals surface area contributed by atoms with Gasteiger partial charge in [-0.3, -0.25) is 4.99 Å². The quantitative estimate of drug-likeness (QED) is 0.138. The summed E-state index contributed by atoms with van der Waals surface area (Å²) < 4.78 is 16.2. The van der Waals surface area contributed by atoms with Crippen LogP contribution in [0.25, 0.3) is 0 Å². The van der Waals surface area contributed by atoms with Crippen LogP contribution < -0.4 is 11.1 Å². The molecule has 2 aliphatic rings. The molecule has 2 heterocycles. The van der Waals surface area contributed by atoms with Gasteiger partial charge in [-0.1, -0.05) is 6.92 Å². The van der Waals surface area contributed by atoms with Gasteiger partial charge in [0.15, 0.2) is 18.5 Å². The van der Waals surface area contributed by atoms with Crippen LogP contribution in [0.2, 0.25) is 0 Å². The number of nitrogens with zero attached hydrogens (tertiary/aromatic N) is 1. The van der Waals surface area contributed by atoms with Crippen LogP contribution in [0.1, 0.15) is 13.3 Å². The van der Waals surface area contributed by atoms with Gasteiger partial charge in [0.25, 0.3) is 0 Å². The number of hydrogen-bond donors (Lipinski definition) is 9. The third kappa shape index (κ3) is 5.52. The normalized spacial score (nSPS) is 43.9. The van der Waals surface area contributed by atoms with Crippen LogP contribution in [0.5, 0.6) is 0 Å². The van der Waals surface area contributed by atoms with Crippen LogP contribution in [-0.4, -0.2) is 123 Å². The first-order valence-electron chi connectivity index (χ1n) is 9.40. The molecule has 0 aliphatic carbocycles. The van der Waals surface area contributed by atoms with E-state index in [1.165, 1.54) is 0 Å². The SMILES string of the molecule is CCCN=C(N)NC1O[C@H](CO)[C@@H](O[C@@H]2O[C@H](CO)[C@H](O)[C@H](O)[C@H]2O)[C@H](O)[C@H]1O. The van der Waals surface area contributed by atoms with Crippen molar-refractivity contribution in [3.05, 3.63) is 0 Å². The van der Waals surface area contributed by atoms with Crippen LogP contribution in [0, 0.1) is 0 Å². The first-order valence-corrected chi connectivity index (χ1v) is 9.40. The van der Waals surface area contributed by atoms with Gasteiger partial charge in [-0.05, 0) is 6.42 Å². The van der Waals surface area contributed by atoms with E-state index in [1.54, 1.807) is 0 Å². The Labute approximate surface area is 167 Å². The highest BCUT2D eigenvalue weighted by atomic mass is 16.7. The highest BCUT2D eigenvalue weighted by Crippen LogP contribution is 2.28. The van der Waals surface area contributed by atoms with Gasteiger partial charge in [0.1, 0.15) is 48.8 Å². The van der Waals surface area contributed by atoms with Gasteiger partial charge < -0.3 is 61.0 Å². The minimum absolute atomic E-state index is 0.0203. The Morgan fingerprint density at radius 1 is 0.931 bits per heavy atom. The maximum atomic E-state index is 10.5. The molecular formula is C16H31N3O10. The minimum atomic E-state index is -1.72. The van der Waals surface area contributed by atoms with Crippen molar-refractivity contribution in [1.82, 2.24) is 5.32 Å². The van der Waals surface area contributed by atoms with E-state index in [9.17, 15) is 35.7 Å². The van der Waals surface area contributed by atoms with E-state index < -0.39 is 74.6 Å². The molecule has 170 valence electrons. The second kappa shape index (κ2) is 10.8. The van der Waals surface area contributed by atoms with E-state index in [2.05, 4.69) is 10.3 Å². The summed E-state index contributed by atoms with van der Waals surface area (Å²) in [6.45, 7) is 1.05. The summed E-state index contributed by atoms with van der Waals surface area (Å²) >= 11 is 0. The molecule has 13 nitrogen and oxygen atoms in total. The summed E-state index contributed by atoms with van der Waals surface area (Å²) in [5.74, 6) is -0.0203. The maximum Gasteiger partial charge on any atom is 0.190 e. The lowest BCUT2D eigenvalue weighted by Crippen LogP contribution is -2.67. The molecule has 10 atom stereocenters. The van der Waals surface area contributed by atoms with Gasteiger partial charge in [-0.25, -0.2) is 0 Å². The van der Waals surface area contributed by atoms with Gasteiger partial charge in [0.05, 0.1) is 13.2 Å². The van der Waals surface area contributed by atoms with Crippen LogP contribution in [0.4, 0.5) is 0 Å². The fourth-order valence-electron chi connectivity index (χ4n) is 3.13. The smallest absolute Gasteiger partial charge is 0.190 e. The molecule has 13 heteroatoms. The molecule has 1 unspecified atom stereocenters. The topological polar surface area (TPSA) is 220 Å². The standard InChI is InChI=1S/C16H31N3O10/c1-2-3-18-16(17)19-14-11(25)10(24)13(7(5-21)27-14)29-15-12(26)9(23)8(22)6(4-20)28-15/h6-15,20-26H,2-5H2,1H3,(H3,17,18,19)/t6-,7-,8+,9+,10-,11-,12-,13-,14?,15+/m1/s1. The van der Waals surface area contributed by atoms with E-state index >= 15 is 0 Å². The summed E-state index contributed by atoms with van der Waals surface area (Å²) in [6, 6.07) is 0. The van der Waals surface area contributed by atoms with Crippen molar-refractivity contribution < 1.29 is 50.0 Å². The van der Waals surface area contributed by atoms with Gasteiger partial charge in [-0.15, -0.1) is 0 Å². The summed E-state index contributed by atoms with van der Waals surface area (Å²) in [6.07, 6.45) is -13.9. The number of ether oxygens (including phenoxy) is 3. The molecule has 0 bridgehead atoms. The number of guanidine groups is 1. The van der Waals surface area contributed by atoms with Crippen molar-refractivity contribution in [2.75, 3.05) is 19.8 Å². The monoisotopic (exact) mass is 425 g/mol. The average molecular weight is 425 g/mol. The van der Waals surface area contributed by atoms with Gasteiger partial charge in [0.2, 0.25) is 0 Å². The number of nitrogens with two attached hydrogens (primary N) is 1. The third-order valence-corrected chi connectivity index (χ3v) is 4.80. The molecular weight excluding hydrogens is 394 g/mol. The number of aliphatic imine (C=N–C) groups is 1. The molecule has 0 aromatic rings. The van der Waals surface area contributed by atoms with Crippen molar-refractivity contribution in [1.29, 1.82) is 0 Å². The fourth-order valence-corrected chi connectivity index (χ4v) is 3.13. The zero-order valence-corrected chi connectivity index (χ0v) is 16.0. The Morgan fingerprint density at radius 3 is 2.17 bits per heavy atom. The lowest BCUT2D eigenvalue weighted by molar-refractivity contribution is -0.342. The van der Waals surface area contributed by atoms with Crippen LogP contribution in [0.15, 0.2) is 4.99 Å². The van der Waals surface area contributed by atoms with Crippen molar-refractivity contribution in [2.45, 2.75) is 74.7 Å². The second-order valence-corrected chi connectivity index (χ2v) is 6.97. The molecule has 2 saturated heterocycles. The second-order valence-electron chi connectivity index (χ2n) is 6.97. The van der Waals surface area contributed by atoms with Crippen molar-refractivity contribution in [3.8, 4) is 0 Å². The lowest BCUT2D eigenvalue weighted by Gasteiger charge is -2.46. The molecule has 10 N–H and O–H groups in total. The molecule has 29 heavy (non-hydrogen) atoms. The molecule has 2 fully saturated rings. The van der Waals surface area contributed by atoms with Crippen LogP contribution in [-0.2, 0) is 14.2 Å². The van der Waals surface area contributed by atoms with E-state index in [0.29, 0.717) is 6.54 Å². The molecule has 0 aromatic carbocycles.